The number of nitrogens with one attached hydrogen (secondary N) is 5. The fraction of sp³-hybridized carbons (Fsp3) is 0.472. The standard InChI is InChI=1S/C53H66ClN13O8S/c1-4-34-29-41(60-53-58-31-38(54)50(62-53)59-40-14-13-39-48(57-21-20-55-39)49(40)63-76(3,72)73)45(74-2)30-43(34)66-23-17-35(18-24-66)65-27-25-64(26-28-65)22-9-7-5-6-8-19-56-47(69)33-75-44-12-10-11-36-37(44)32-67(52(36)71)42-15-16-46(68)61-51(42)70/h10-14,20-21,29-31,35,42,63H,4-9,15-19,22-28,32-33H2,1-3H3,(H,56,69)(H,61,68,70)(H2,58,59,60,62). The Labute approximate surface area is 447 Å². The van der Waals surface area contributed by atoms with Crippen molar-refractivity contribution < 1.29 is 37.1 Å². The molecule has 1 atom stereocenters. The van der Waals surface area contributed by atoms with Crippen molar-refractivity contribution in [3.8, 4) is 11.5 Å². The van der Waals surface area contributed by atoms with Crippen LogP contribution in [0.25, 0.3) is 11.0 Å². The Morgan fingerprint density at radius 3 is 2.42 bits per heavy atom. The lowest BCUT2D eigenvalue weighted by Gasteiger charge is -2.43. The Morgan fingerprint density at radius 1 is 0.882 bits per heavy atom. The molecule has 21 nitrogen and oxygen atoms in total. The van der Waals surface area contributed by atoms with Gasteiger partial charge in [-0.25, -0.2) is 13.4 Å². The third kappa shape index (κ3) is 13.0. The van der Waals surface area contributed by atoms with Gasteiger partial charge in [-0.2, -0.15) is 4.98 Å². The summed E-state index contributed by atoms with van der Waals surface area (Å²) in [5.74, 6) is 0.301. The maximum Gasteiger partial charge on any atom is 0.257 e. The molecule has 0 aliphatic carbocycles. The Bertz CT molecular complexity index is 3060. The van der Waals surface area contributed by atoms with E-state index in [1.54, 1.807) is 37.4 Å². The van der Waals surface area contributed by atoms with E-state index in [-0.39, 0.29) is 66.2 Å². The molecule has 23 heteroatoms. The molecule has 0 spiro atoms. The zero-order valence-electron chi connectivity index (χ0n) is 43.2. The number of sulfonamides is 1. The second kappa shape index (κ2) is 24.4. The number of carbonyl (C=O) groups excluding carboxylic acids is 4. The Balaban J connectivity index is 0.671. The highest BCUT2D eigenvalue weighted by molar-refractivity contribution is 7.92. The summed E-state index contributed by atoms with van der Waals surface area (Å²) in [4.78, 5) is 76.8. The minimum absolute atomic E-state index is 0.170. The summed E-state index contributed by atoms with van der Waals surface area (Å²) < 4.78 is 39.0. The highest BCUT2D eigenvalue weighted by atomic mass is 35.5. The monoisotopic (exact) mass is 1080 g/mol. The van der Waals surface area contributed by atoms with Crippen molar-refractivity contribution in [2.75, 3.05) is 92.6 Å². The number of rotatable bonds is 22. The van der Waals surface area contributed by atoms with Crippen molar-refractivity contribution in [1.29, 1.82) is 0 Å². The minimum atomic E-state index is -3.67. The average molecular weight is 1080 g/mol. The number of amides is 4. The normalized spacial score (nSPS) is 17.6. The fourth-order valence-electron chi connectivity index (χ4n) is 10.6. The zero-order chi connectivity index (χ0) is 53.3. The number of aromatic nitrogens is 4. The maximum atomic E-state index is 13.1. The highest BCUT2D eigenvalue weighted by Crippen LogP contribution is 2.39. The summed E-state index contributed by atoms with van der Waals surface area (Å²) in [6.07, 6.45) is 14.3. The number of methoxy groups -OCH3 is 1. The van der Waals surface area contributed by atoms with Gasteiger partial charge < -0.3 is 40.1 Å². The summed E-state index contributed by atoms with van der Waals surface area (Å²) in [5.41, 5.74) is 5.59. The van der Waals surface area contributed by atoms with E-state index in [0.29, 0.717) is 57.6 Å². The van der Waals surface area contributed by atoms with Gasteiger partial charge in [-0.3, -0.25) is 44.1 Å². The molecule has 3 aromatic carbocycles. The Morgan fingerprint density at radius 2 is 1.66 bits per heavy atom. The number of hydrogen-bond acceptors (Lipinski definition) is 17. The summed E-state index contributed by atoms with van der Waals surface area (Å²) in [7, 11) is -2.03. The highest BCUT2D eigenvalue weighted by Gasteiger charge is 2.40. The first-order valence-corrected chi connectivity index (χ1v) is 28.4. The van der Waals surface area contributed by atoms with E-state index in [1.807, 2.05) is 0 Å². The van der Waals surface area contributed by atoms with Crippen LogP contribution in [0.1, 0.15) is 86.2 Å². The molecule has 6 heterocycles. The molecular formula is C53H66ClN13O8S. The number of halogens is 1. The number of imide groups is 1. The molecular weight excluding hydrogens is 1010 g/mol. The van der Waals surface area contributed by atoms with E-state index in [9.17, 15) is 27.6 Å². The van der Waals surface area contributed by atoms with Gasteiger partial charge in [0.05, 0.1) is 48.7 Å². The number of anilines is 6. The molecule has 5 N–H and O–H groups in total. The SMILES string of the molecule is CCc1cc(Nc2ncc(Cl)c(Nc3ccc4nccnc4c3NS(C)(=O)=O)n2)c(OC)cc1N1CCC(N2CCN(CCCCCCCNC(=O)COc3cccc4c3CN(C3CCC(=O)NC3=O)C4=O)CC2)CC1. The molecule has 4 amide bonds. The summed E-state index contributed by atoms with van der Waals surface area (Å²) in [6.45, 7) is 10.0. The Kier molecular flexibility index (Phi) is 17.3. The van der Waals surface area contributed by atoms with Crippen LogP contribution in [0.2, 0.25) is 5.02 Å². The number of carbonyl (C=O) groups is 4. The number of nitrogens with zero attached hydrogens (tertiary/aromatic N) is 8. The smallest absolute Gasteiger partial charge is 0.257 e. The summed E-state index contributed by atoms with van der Waals surface area (Å²) in [6, 6.07) is 12.6. The van der Waals surface area contributed by atoms with E-state index < -0.39 is 22.0 Å². The van der Waals surface area contributed by atoms with Gasteiger partial charge in [0.2, 0.25) is 27.8 Å². The quantitative estimate of drug-likeness (QED) is 0.0394. The maximum absolute atomic E-state index is 13.1. The molecule has 404 valence electrons. The van der Waals surface area contributed by atoms with Gasteiger partial charge >= 0.3 is 0 Å². The van der Waals surface area contributed by atoms with Crippen LogP contribution in [0, 0.1) is 0 Å². The molecule has 2 aromatic heterocycles. The van der Waals surface area contributed by atoms with Crippen molar-refractivity contribution in [2.24, 2.45) is 0 Å². The summed E-state index contributed by atoms with van der Waals surface area (Å²) >= 11 is 6.58. The van der Waals surface area contributed by atoms with Crippen molar-refractivity contribution in [3.05, 3.63) is 82.8 Å². The van der Waals surface area contributed by atoms with Crippen LogP contribution in [0.4, 0.5) is 34.5 Å². The van der Waals surface area contributed by atoms with Crippen molar-refractivity contribution in [2.45, 2.75) is 89.8 Å². The lowest BCUT2D eigenvalue weighted by atomic mass is 9.99. The number of fused-ring (bicyclic) bond motifs is 2. The number of benzene rings is 3. The Hall–Kier alpha value is -6.88. The van der Waals surface area contributed by atoms with Crippen LogP contribution in [-0.2, 0) is 37.4 Å². The molecule has 5 aromatic rings. The predicted molar refractivity (Wildman–Crippen MR) is 291 cm³/mol. The molecule has 0 bridgehead atoms. The third-order valence-electron chi connectivity index (χ3n) is 14.6. The number of aryl methyl sites for hydroxylation is 1. The predicted octanol–water partition coefficient (Wildman–Crippen LogP) is 6.00. The van der Waals surface area contributed by atoms with Crippen molar-refractivity contribution in [1.82, 2.24) is 45.3 Å². The number of piperidine rings is 2. The van der Waals surface area contributed by atoms with Crippen molar-refractivity contribution in [3.63, 3.8) is 0 Å². The number of ether oxygens (including phenoxy) is 2. The molecule has 1 unspecified atom stereocenters. The summed E-state index contributed by atoms with van der Waals surface area (Å²) in [5, 5.41) is 12.0. The van der Waals surface area contributed by atoms with Crippen LogP contribution in [0.3, 0.4) is 0 Å². The second-order valence-corrected chi connectivity index (χ2v) is 21.8. The molecule has 76 heavy (non-hydrogen) atoms. The van der Waals surface area contributed by atoms with Gasteiger partial charge in [0.1, 0.15) is 28.1 Å². The van der Waals surface area contributed by atoms with Gasteiger partial charge in [0.25, 0.3) is 11.8 Å². The van der Waals surface area contributed by atoms with Gasteiger partial charge in [-0.15, -0.1) is 0 Å². The van der Waals surface area contributed by atoms with Gasteiger partial charge in [0.15, 0.2) is 12.4 Å². The van der Waals surface area contributed by atoms with Gasteiger partial charge in [-0.05, 0) is 81.0 Å². The average Bonchev–Trinajstić information content (AvgIpc) is 3.78. The first-order valence-electron chi connectivity index (χ1n) is 26.1. The van der Waals surface area contributed by atoms with E-state index >= 15 is 0 Å². The molecule has 4 aliphatic rings. The minimum Gasteiger partial charge on any atom is -0.494 e. The number of hydrogen-bond donors (Lipinski definition) is 5. The van der Waals surface area contributed by atoms with Crippen LogP contribution < -0.4 is 40.4 Å². The first-order chi connectivity index (χ1) is 36.7. The number of unbranched alkanes of at least 4 members (excludes halogenated alkanes) is 4. The number of piperazine rings is 1. The topological polar surface area (TPSA) is 246 Å². The third-order valence-corrected chi connectivity index (χ3v) is 15.4. The van der Waals surface area contributed by atoms with Crippen LogP contribution in [0.5, 0.6) is 11.5 Å². The van der Waals surface area contributed by atoms with E-state index in [2.05, 4.69) is 79.7 Å². The van der Waals surface area contributed by atoms with Crippen LogP contribution >= 0.6 is 11.6 Å². The first kappa shape index (κ1) is 53.9. The van der Waals surface area contributed by atoms with E-state index in [0.717, 1.165) is 109 Å². The van der Waals surface area contributed by atoms with Crippen LogP contribution in [-0.4, -0.2) is 151 Å². The van der Waals surface area contributed by atoms with Gasteiger partial charge in [-0.1, -0.05) is 43.9 Å². The van der Waals surface area contributed by atoms with E-state index in [1.165, 1.54) is 29.1 Å². The van der Waals surface area contributed by atoms with E-state index in [4.69, 9.17) is 21.1 Å². The van der Waals surface area contributed by atoms with Gasteiger partial charge in [0, 0.05) is 93.6 Å². The second-order valence-electron chi connectivity index (χ2n) is 19.6. The van der Waals surface area contributed by atoms with Crippen molar-refractivity contribution >= 4 is 90.8 Å². The molecule has 0 radical (unpaired) electrons. The lowest BCUT2D eigenvalue weighted by Crippen LogP contribution is -2.53. The lowest BCUT2D eigenvalue weighted by molar-refractivity contribution is -0.137. The molecule has 0 saturated carbocycles. The largest absolute Gasteiger partial charge is 0.494 e. The molecule has 4 aliphatic heterocycles. The zero-order valence-corrected chi connectivity index (χ0v) is 44.8. The molecule has 9 rings (SSSR count). The molecule has 3 fully saturated rings. The van der Waals surface area contributed by atoms with Crippen LogP contribution in [0.15, 0.2) is 61.1 Å². The molecule has 3 saturated heterocycles. The fourth-order valence-corrected chi connectivity index (χ4v) is 11.3.